The molecule has 0 amide bonds. The van der Waals surface area contributed by atoms with Gasteiger partial charge in [0.25, 0.3) is 0 Å². The zero-order chi connectivity index (χ0) is 8.81. The molecule has 0 unspecified atom stereocenters. The lowest BCUT2D eigenvalue weighted by Crippen LogP contribution is -1.93. The van der Waals surface area contributed by atoms with Gasteiger partial charge in [-0.1, -0.05) is 19.1 Å². The van der Waals surface area contributed by atoms with Crippen LogP contribution in [0.15, 0.2) is 30.9 Å². The summed E-state index contributed by atoms with van der Waals surface area (Å²) >= 11 is 0. The third-order valence-electron chi connectivity index (χ3n) is 1.50. The standard InChI is InChI=1S/C9H13N3/c1-3-5-6-9(4-2)12-8-10-7-11-12/h4-8H,3H2,1-2H3. The molecule has 1 heterocycles. The first kappa shape index (κ1) is 8.71. The van der Waals surface area contributed by atoms with Gasteiger partial charge in [0, 0.05) is 0 Å². The molecule has 1 aromatic rings. The summed E-state index contributed by atoms with van der Waals surface area (Å²) in [5, 5.41) is 4.03. The van der Waals surface area contributed by atoms with E-state index in [0.717, 1.165) is 12.1 Å². The second kappa shape index (κ2) is 4.49. The van der Waals surface area contributed by atoms with E-state index < -0.39 is 0 Å². The molecule has 0 aliphatic carbocycles. The minimum atomic E-state index is 1.03. The highest BCUT2D eigenvalue weighted by atomic mass is 15.3. The summed E-state index contributed by atoms with van der Waals surface area (Å²) in [5.41, 5.74) is 1.05. The molecule has 0 spiro atoms. The van der Waals surface area contributed by atoms with Crippen molar-refractivity contribution in [3.63, 3.8) is 0 Å². The van der Waals surface area contributed by atoms with Crippen molar-refractivity contribution in [3.8, 4) is 0 Å². The first-order chi connectivity index (χ1) is 5.88. The normalized spacial score (nSPS) is 12.7. The largest absolute Gasteiger partial charge is 0.223 e. The maximum atomic E-state index is 4.03. The highest BCUT2D eigenvalue weighted by molar-refractivity contribution is 5.54. The molecule has 3 nitrogen and oxygen atoms in total. The van der Waals surface area contributed by atoms with Crippen LogP contribution in [0.4, 0.5) is 0 Å². The summed E-state index contributed by atoms with van der Waals surface area (Å²) in [6.45, 7) is 4.09. The molecule has 0 aromatic carbocycles. The number of hydrogen-bond donors (Lipinski definition) is 0. The molecule has 3 heteroatoms. The van der Waals surface area contributed by atoms with Crippen molar-refractivity contribution >= 4 is 5.70 Å². The third kappa shape index (κ3) is 2.05. The molecule has 0 atom stereocenters. The van der Waals surface area contributed by atoms with Gasteiger partial charge in [-0.25, -0.2) is 9.67 Å². The molecule has 0 aliphatic rings. The van der Waals surface area contributed by atoms with Crippen LogP contribution in [-0.2, 0) is 0 Å². The van der Waals surface area contributed by atoms with Crippen molar-refractivity contribution in [1.82, 2.24) is 14.8 Å². The molecular formula is C9H13N3. The van der Waals surface area contributed by atoms with E-state index in [-0.39, 0.29) is 0 Å². The summed E-state index contributed by atoms with van der Waals surface area (Å²) in [6, 6.07) is 0. The van der Waals surface area contributed by atoms with E-state index in [1.807, 2.05) is 19.1 Å². The van der Waals surface area contributed by atoms with Gasteiger partial charge in [0.2, 0.25) is 0 Å². The van der Waals surface area contributed by atoms with Gasteiger partial charge in [-0.05, 0) is 19.4 Å². The molecule has 64 valence electrons. The molecule has 0 fully saturated rings. The molecule has 0 saturated heterocycles. The van der Waals surface area contributed by atoms with Crippen LogP contribution in [0.1, 0.15) is 20.3 Å². The first-order valence-corrected chi connectivity index (χ1v) is 4.06. The van der Waals surface area contributed by atoms with Gasteiger partial charge < -0.3 is 0 Å². The first-order valence-electron chi connectivity index (χ1n) is 4.06. The minimum absolute atomic E-state index is 1.03. The van der Waals surface area contributed by atoms with E-state index in [4.69, 9.17) is 0 Å². The summed E-state index contributed by atoms with van der Waals surface area (Å²) < 4.78 is 1.74. The van der Waals surface area contributed by atoms with Crippen molar-refractivity contribution in [2.75, 3.05) is 0 Å². The Hall–Kier alpha value is -1.38. The lowest BCUT2D eigenvalue weighted by molar-refractivity contribution is 0.906. The molecule has 12 heavy (non-hydrogen) atoms. The topological polar surface area (TPSA) is 30.7 Å². The minimum Gasteiger partial charge on any atom is -0.223 e. The Morgan fingerprint density at radius 2 is 2.42 bits per heavy atom. The summed E-state index contributed by atoms with van der Waals surface area (Å²) in [5.74, 6) is 0. The number of nitrogens with zero attached hydrogens (tertiary/aromatic N) is 3. The Morgan fingerprint density at radius 3 is 2.92 bits per heavy atom. The molecule has 1 rings (SSSR count). The Morgan fingerprint density at radius 1 is 1.58 bits per heavy atom. The second-order valence-electron chi connectivity index (χ2n) is 2.36. The van der Waals surface area contributed by atoms with Crippen molar-refractivity contribution in [2.24, 2.45) is 0 Å². The van der Waals surface area contributed by atoms with Crippen molar-refractivity contribution in [2.45, 2.75) is 20.3 Å². The van der Waals surface area contributed by atoms with Crippen molar-refractivity contribution in [3.05, 3.63) is 30.9 Å². The van der Waals surface area contributed by atoms with E-state index >= 15 is 0 Å². The molecule has 0 aliphatic heterocycles. The van der Waals surface area contributed by atoms with E-state index in [1.165, 1.54) is 6.33 Å². The van der Waals surface area contributed by atoms with Crippen molar-refractivity contribution < 1.29 is 0 Å². The SMILES string of the molecule is CC=C(C=CCC)n1cncn1. The van der Waals surface area contributed by atoms with Gasteiger partial charge in [-0.2, -0.15) is 5.10 Å². The van der Waals surface area contributed by atoms with Crippen LogP contribution in [0, 0.1) is 0 Å². The summed E-state index contributed by atoms with van der Waals surface area (Å²) in [7, 11) is 0. The summed E-state index contributed by atoms with van der Waals surface area (Å²) in [6.07, 6.45) is 10.4. The maximum absolute atomic E-state index is 4.03. The van der Waals surface area contributed by atoms with Gasteiger partial charge >= 0.3 is 0 Å². The molecular weight excluding hydrogens is 150 g/mol. The molecule has 0 radical (unpaired) electrons. The van der Waals surface area contributed by atoms with Gasteiger partial charge in [0.05, 0.1) is 5.70 Å². The van der Waals surface area contributed by atoms with Crippen LogP contribution < -0.4 is 0 Å². The maximum Gasteiger partial charge on any atom is 0.138 e. The Balaban J connectivity index is 2.78. The number of hydrogen-bond acceptors (Lipinski definition) is 2. The predicted molar refractivity (Wildman–Crippen MR) is 49.4 cm³/mol. The molecule has 0 N–H and O–H groups in total. The van der Waals surface area contributed by atoms with E-state index in [1.54, 1.807) is 11.0 Å². The summed E-state index contributed by atoms with van der Waals surface area (Å²) in [4.78, 5) is 3.88. The second-order valence-corrected chi connectivity index (χ2v) is 2.36. The van der Waals surface area contributed by atoms with Crippen LogP contribution in [0.3, 0.4) is 0 Å². The Bertz CT molecular complexity index is 270. The van der Waals surface area contributed by atoms with Crippen LogP contribution in [0.25, 0.3) is 5.70 Å². The van der Waals surface area contributed by atoms with Gasteiger partial charge in [-0.3, -0.25) is 0 Å². The van der Waals surface area contributed by atoms with Gasteiger partial charge in [0.1, 0.15) is 12.7 Å². The highest BCUT2D eigenvalue weighted by Crippen LogP contribution is 2.03. The average molecular weight is 163 g/mol. The quantitative estimate of drug-likeness (QED) is 0.639. The predicted octanol–water partition coefficient (Wildman–Crippen LogP) is 2.11. The number of allylic oxidation sites excluding steroid dienone is 4. The molecule has 0 saturated carbocycles. The Kier molecular flexibility index (Phi) is 3.26. The Labute approximate surface area is 72.4 Å². The smallest absolute Gasteiger partial charge is 0.138 e. The monoisotopic (exact) mass is 163 g/mol. The number of aromatic nitrogens is 3. The van der Waals surface area contributed by atoms with Gasteiger partial charge in [0.15, 0.2) is 0 Å². The van der Waals surface area contributed by atoms with Crippen LogP contribution in [0.5, 0.6) is 0 Å². The number of rotatable bonds is 3. The van der Waals surface area contributed by atoms with E-state index in [0.29, 0.717) is 0 Å². The highest BCUT2D eigenvalue weighted by Gasteiger charge is 1.92. The third-order valence-corrected chi connectivity index (χ3v) is 1.50. The molecule has 1 aromatic heterocycles. The average Bonchev–Trinajstić information content (AvgIpc) is 2.59. The lowest BCUT2D eigenvalue weighted by Gasteiger charge is -1.98. The van der Waals surface area contributed by atoms with Crippen LogP contribution in [-0.4, -0.2) is 14.8 Å². The van der Waals surface area contributed by atoms with E-state index in [9.17, 15) is 0 Å². The zero-order valence-corrected chi connectivity index (χ0v) is 7.44. The lowest BCUT2D eigenvalue weighted by atomic mass is 10.3. The fourth-order valence-electron chi connectivity index (χ4n) is 0.885. The van der Waals surface area contributed by atoms with Gasteiger partial charge in [-0.15, -0.1) is 0 Å². The van der Waals surface area contributed by atoms with Crippen molar-refractivity contribution in [1.29, 1.82) is 0 Å². The van der Waals surface area contributed by atoms with E-state index in [2.05, 4.69) is 23.1 Å². The van der Waals surface area contributed by atoms with Crippen LogP contribution in [0.2, 0.25) is 0 Å². The zero-order valence-electron chi connectivity index (χ0n) is 7.44. The van der Waals surface area contributed by atoms with Crippen LogP contribution >= 0.6 is 0 Å². The molecule has 0 bridgehead atoms. The fraction of sp³-hybridized carbons (Fsp3) is 0.333. The fourth-order valence-corrected chi connectivity index (χ4v) is 0.885.